The standard InChI is InChI=1S/C16H25N3OS/c1-3-9-17-15-8-7-12(11-18-15)16(20)19-13-5-4-6-14(10-13)21-2/h7-8,11,13-14H,3-6,9-10H2,1-2H3,(H,17,18)(H,19,20). The second-order valence-corrected chi connectivity index (χ2v) is 6.69. The summed E-state index contributed by atoms with van der Waals surface area (Å²) in [5.41, 5.74) is 0.642. The van der Waals surface area contributed by atoms with Gasteiger partial charge in [0.1, 0.15) is 5.82 Å². The van der Waals surface area contributed by atoms with Gasteiger partial charge in [0.25, 0.3) is 5.91 Å². The normalized spacial score (nSPS) is 21.8. The predicted molar refractivity (Wildman–Crippen MR) is 90.0 cm³/mol. The third-order valence-corrected chi connectivity index (χ3v) is 4.97. The third-order valence-electron chi connectivity index (χ3n) is 3.88. The zero-order valence-corrected chi connectivity index (χ0v) is 13.7. The van der Waals surface area contributed by atoms with E-state index in [0.29, 0.717) is 16.9 Å². The first-order valence-corrected chi connectivity index (χ1v) is 9.05. The number of aromatic nitrogens is 1. The summed E-state index contributed by atoms with van der Waals surface area (Å²) < 4.78 is 0. The van der Waals surface area contributed by atoms with Crippen LogP contribution in [0.5, 0.6) is 0 Å². The Morgan fingerprint density at radius 2 is 2.29 bits per heavy atom. The summed E-state index contributed by atoms with van der Waals surface area (Å²) in [6.07, 6.45) is 9.51. The van der Waals surface area contributed by atoms with E-state index in [2.05, 4.69) is 28.8 Å². The number of thioether (sulfide) groups is 1. The van der Waals surface area contributed by atoms with Gasteiger partial charge in [0.15, 0.2) is 0 Å². The van der Waals surface area contributed by atoms with Crippen LogP contribution in [0.1, 0.15) is 49.4 Å². The monoisotopic (exact) mass is 307 g/mol. The lowest BCUT2D eigenvalue weighted by atomic mass is 9.95. The van der Waals surface area contributed by atoms with Gasteiger partial charge in [-0.2, -0.15) is 11.8 Å². The zero-order chi connectivity index (χ0) is 15.1. The summed E-state index contributed by atoms with van der Waals surface area (Å²) in [4.78, 5) is 16.5. The van der Waals surface area contributed by atoms with Crippen molar-refractivity contribution in [3.8, 4) is 0 Å². The number of nitrogens with zero attached hydrogens (tertiary/aromatic N) is 1. The average molecular weight is 307 g/mol. The minimum absolute atomic E-state index is 0.00343. The van der Waals surface area contributed by atoms with E-state index < -0.39 is 0 Å². The Morgan fingerprint density at radius 1 is 1.43 bits per heavy atom. The molecule has 1 aromatic heterocycles. The van der Waals surface area contributed by atoms with Gasteiger partial charge in [-0.25, -0.2) is 4.98 Å². The van der Waals surface area contributed by atoms with Crippen LogP contribution in [0.3, 0.4) is 0 Å². The maximum Gasteiger partial charge on any atom is 0.253 e. The molecule has 21 heavy (non-hydrogen) atoms. The third kappa shape index (κ3) is 4.92. The summed E-state index contributed by atoms with van der Waals surface area (Å²) in [6.45, 7) is 3.01. The second kappa shape index (κ2) is 8.27. The van der Waals surface area contributed by atoms with Crippen LogP contribution in [0.15, 0.2) is 18.3 Å². The van der Waals surface area contributed by atoms with Crippen molar-refractivity contribution in [3.05, 3.63) is 23.9 Å². The van der Waals surface area contributed by atoms with Crippen molar-refractivity contribution in [1.82, 2.24) is 10.3 Å². The van der Waals surface area contributed by atoms with Gasteiger partial charge in [0, 0.05) is 24.0 Å². The summed E-state index contributed by atoms with van der Waals surface area (Å²) in [7, 11) is 0. The first-order valence-electron chi connectivity index (χ1n) is 7.76. The molecule has 2 rings (SSSR count). The largest absolute Gasteiger partial charge is 0.370 e. The average Bonchev–Trinajstić information content (AvgIpc) is 2.53. The van der Waals surface area contributed by atoms with Crippen LogP contribution < -0.4 is 10.6 Å². The SMILES string of the molecule is CCCNc1ccc(C(=O)NC2CCCC(SC)C2)cn1. The van der Waals surface area contributed by atoms with Crippen LogP contribution in [0.2, 0.25) is 0 Å². The van der Waals surface area contributed by atoms with Crippen molar-refractivity contribution in [2.75, 3.05) is 18.1 Å². The molecule has 1 aliphatic rings. The lowest BCUT2D eigenvalue weighted by Gasteiger charge is -2.28. The molecule has 1 aliphatic carbocycles. The highest BCUT2D eigenvalue weighted by Crippen LogP contribution is 2.27. The molecule has 2 atom stereocenters. The molecule has 0 aliphatic heterocycles. The number of hydrogen-bond donors (Lipinski definition) is 2. The van der Waals surface area contributed by atoms with Gasteiger partial charge >= 0.3 is 0 Å². The fourth-order valence-corrected chi connectivity index (χ4v) is 3.47. The Balaban J connectivity index is 1.87. The van der Waals surface area contributed by atoms with E-state index in [0.717, 1.165) is 31.6 Å². The van der Waals surface area contributed by atoms with Crippen molar-refractivity contribution in [2.45, 2.75) is 50.3 Å². The number of amides is 1. The molecule has 1 heterocycles. The van der Waals surface area contributed by atoms with Crippen molar-refractivity contribution < 1.29 is 4.79 Å². The summed E-state index contributed by atoms with van der Waals surface area (Å²) in [5, 5.41) is 7.04. The minimum atomic E-state index is -0.00343. The second-order valence-electron chi connectivity index (χ2n) is 5.55. The number of pyridine rings is 1. The number of nitrogens with one attached hydrogen (secondary N) is 2. The lowest BCUT2D eigenvalue weighted by Crippen LogP contribution is -2.39. The van der Waals surface area contributed by atoms with E-state index in [1.165, 1.54) is 12.8 Å². The zero-order valence-electron chi connectivity index (χ0n) is 12.9. The smallest absolute Gasteiger partial charge is 0.253 e. The lowest BCUT2D eigenvalue weighted by molar-refractivity contribution is 0.0928. The maximum atomic E-state index is 12.3. The molecule has 0 saturated heterocycles. The Labute approximate surface area is 131 Å². The number of carbonyl (C=O) groups is 1. The highest BCUT2D eigenvalue weighted by Gasteiger charge is 2.22. The van der Waals surface area contributed by atoms with Gasteiger partial charge in [-0.15, -0.1) is 0 Å². The molecule has 0 spiro atoms. The number of rotatable bonds is 6. The van der Waals surface area contributed by atoms with E-state index in [1.54, 1.807) is 6.20 Å². The van der Waals surface area contributed by atoms with Gasteiger partial charge in [-0.1, -0.05) is 13.3 Å². The first-order chi connectivity index (χ1) is 10.2. The number of carbonyl (C=O) groups excluding carboxylic acids is 1. The molecule has 0 bridgehead atoms. The molecule has 2 N–H and O–H groups in total. The van der Waals surface area contributed by atoms with Crippen LogP contribution >= 0.6 is 11.8 Å². The highest BCUT2D eigenvalue weighted by molar-refractivity contribution is 7.99. The van der Waals surface area contributed by atoms with Crippen molar-refractivity contribution >= 4 is 23.5 Å². The van der Waals surface area contributed by atoms with Gasteiger partial charge in [-0.05, 0) is 44.1 Å². The maximum absolute atomic E-state index is 12.3. The van der Waals surface area contributed by atoms with Gasteiger partial charge in [0.05, 0.1) is 5.56 Å². The van der Waals surface area contributed by atoms with Crippen LogP contribution in [0.4, 0.5) is 5.82 Å². The predicted octanol–water partition coefficient (Wildman–Crippen LogP) is 3.31. The topological polar surface area (TPSA) is 54.0 Å². The molecule has 116 valence electrons. The molecule has 1 fully saturated rings. The summed E-state index contributed by atoms with van der Waals surface area (Å²) in [6, 6.07) is 4.02. The van der Waals surface area contributed by atoms with E-state index in [-0.39, 0.29) is 5.91 Å². The molecule has 2 unspecified atom stereocenters. The highest BCUT2D eigenvalue weighted by atomic mass is 32.2. The van der Waals surface area contributed by atoms with Crippen LogP contribution in [0.25, 0.3) is 0 Å². The van der Waals surface area contributed by atoms with E-state index in [1.807, 2.05) is 23.9 Å². The van der Waals surface area contributed by atoms with Gasteiger partial charge in [-0.3, -0.25) is 4.79 Å². The Kier molecular flexibility index (Phi) is 6.36. The van der Waals surface area contributed by atoms with Crippen LogP contribution in [-0.2, 0) is 0 Å². The first kappa shape index (κ1) is 16.1. The summed E-state index contributed by atoms with van der Waals surface area (Å²) in [5.74, 6) is 0.824. The molecule has 5 heteroatoms. The van der Waals surface area contributed by atoms with E-state index in [9.17, 15) is 4.79 Å². The number of hydrogen-bond acceptors (Lipinski definition) is 4. The molecular formula is C16H25N3OS. The molecule has 1 amide bonds. The van der Waals surface area contributed by atoms with Gasteiger partial charge < -0.3 is 10.6 Å². The number of anilines is 1. The molecule has 1 saturated carbocycles. The molecular weight excluding hydrogens is 282 g/mol. The van der Waals surface area contributed by atoms with Crippen LogP contribution in [0, 0.1) is 0 Å². The van der Waals surface area contributed by atoms with E-state index in [4.69, 9.17) is 0 Å². The fraction of sp³-hybridized carbons (Fsp3) is 0.625. The quantitative estimate of drug-likeness (QED) is 0.846. The molecule has 0 radical (unpaired) electrons. The molecule has 1 aromatic rings. The Bertz CT molecular complexity index is 449. The molecule has 0 aromatic carbocycles. The Hall–Kier alpha value is -1.23. The van der Waals surface area contributed by atoms with Crippen molar-refractivity contribution in [1.29, 1.82) is 0 Å². The van der Waals surface area contributed by atoms with Crippen LogP contribution in [-0.4, -0.2) is 35.0 Å². The van der Waals surface area contributed by atoms with Gasteiger partial charge in [0.2, 0.25) is 0 Å². The van der Waals surface area contributed by atoms with E-state index >= 15 is 0 Å². The van der Waals surface area contributed by atoms with Crippen molar-refractivity contribution in [3.63, 3.8) is 0 Å². The van der Waals surface area contributed by atoms with Crippen molar-refractivity contribution in [2.24, 2.45) is 0 Å². The summed E-state index contributed by atoms with van der Waals surface area (Å²) >= 11 is 1.91. The minimum Gasteiger partial charge on any atom is -0.370 e. The fourth-order valence-electron chi connectivity index (χ4n) is 2.64. The Morgan fingerprint density at radius 3 is 2.95 bits per heavy atom. The molecule has 4 nitrogen and oxygen atoms in total.